The van der Waals surface area contributed by atoms with Crippen molar-refractivity contribution in [2.45, 2.75) is 176 Å². The Bertz CT molecular complexity index is 1300. The lowest BCUT2D eigenvalue weighted by molar-refractivity contribution is -0.159. The van der Waals surface area contributed by atoms with Crippen molar-refractivity contribution in [2.75, 3.05) is 27.2 Å². The van der Waals surface area contributed by atoms with E-state index in [0.717, 1.165) is 19.3 Å². The molecular weight excluding hydrogens is 769 g/mol. The van der Waals surface area contributed by atoms with E-state index in [0.29, 0.717) is 18.4 Å². The zero-order valence-electron chi connectivity index (χ0n) is 36.7. The molecule has 5 atom stereocenters. The van der Waals surface area contributed by atoms with Crippen LogP contribution in [-0.2, 0) is 53.7 Å². The van der Waals surface area contributed by atoms with Crippen LogP contribution in [0.3, 0.4) is 0 Å². The molecule has 0 radical (unpaired) electrons. The molecule has 1 aromatic heterocycles. The number of amides is 2. The highest BCUT2D eigenvalue weighted by Crippen LogP contribution is 2.36. The Morgan fingerprint density at radius 3 is 2.00 bits per heavy atom. The summed E-state index contributed by atoms with van der Waals surface area (Å²) in [5, 5.41) is 21.7. The monoisotopic (exact) mass is 844 g/mol. The molecule has 1 saturated heterocycles. The predicted octanol–water partition coefficient (Wildman–Crippen LogP) is 6.65. The minimum atomic E-state index is -1.97. The van der Waals surface area contributed by atoms with Gasteiger partial charge in [-0.05, 0) is 32.6 Å². The molecule has 0 aliphatic carbocycles. The summed E-state index contributed by atoms with van der Waals surface area (Å²) in [7, 11) is -0.294. The average molecular weight is 844 g/mol. The quantitative estimate of drug-likeness (QED) is 0.0209. The van der Waals surface area contributed by atoms with E-state index in [2.05, 4.69) is 49.7 Å². The Hall–Kier alpha value is -3.01. The summed E-state index contributed by atoms with van der Waals surface area (Å²) >= 11 is 0. The molecular formula is C41H74N5O11P. The Labute approximate surface area is 348 Å². The predicted molar refractivity (Wildman–Crippen MR) is 222 cm³/mol. The normalized spacial score (nSPS) is 18.7. The van der Waals surface area contributed by atoms with Crippen LogP contribution in [0.15, 0.2) is 18.5 Å². The molecule has 17 heteroatoms. The number of aliphatic hydroxyl groups is 1. The zero-order chi connectivity index (χ0) is 43.4. The van der Waals surface area contributed by atoms with Gasteiger partial charge in [0.25, 0.3) is 12.4 Å². The van der Waals surface area contributed by atoms with Crippen molar-refractivity contribution >= 4 is 38.6 Å². The molecule has 1 aromatic rings. The first-order valence-electron chi connectivity index (χ1n) is 20.8. The first-order chi connectivity index (χ1) is 27.5. The van der Waals surface area contributed by atoms with Gasteiger partial charge in [0, 0.05) is 25.9 Å². The summed E-state index contributed by atoms with van der Waals surface area (Å²) in [5.41, 5.74) is 0.00757. The fourth-order valence-corrected chi connectivity index (χ4v) is 6.52. The smallest absolute Gasteiger partial charge is 0.313 e. The number of carbonyl (C=O) groups is 4. The molecule has 1 fully saturated rings. The highest BCUT2D eigenvalue weighted by Gasteiger charge is 2.46. The number of ether oxygens (including phenoxy) is 4. The first kappa shape index (κ1) is 53.0. The van der Waals surface area contributed by atoms with Crippen LogP contribution in [0.25, 0.3) is 0 Å². The van der Waals surface area contributed by atoms with Crippen molar-refractivity contribution < 1.29 is 52.3 Å². The van der Waals surface area contributed by atoms with Gasteiger partial charge in [0.05, 0.1) is 18.2 Å². The lowest BCUT2D eigenvalue weighted by Gasteiger charge is -2.28. The number of nitrogens with zero attached hydrogens (tertiary/aromatic N) is 4. The number of aromatic nitrogens is 3. The van der Waals surface area contributed by atoms with Crippen LogP contribution < -0.4 is 10.8 Å². The topological polar surface area (TPSA) is 190 Å². The average Bonchev–Trinajstić information content (AvgIpc) is 3.74. The van der Waals surface area contributed by atoms with Gasteiger partial charge in [-0.25, -0.2) is 4.68 Å². The van der Waals surface area contributed by atoms with Gasteiger partial charge in [-0.1, -0.05) is 123 Å². The molecule has 334 valence electrons. The molecule has 1 aliphatic heterocycles. The van der Waals surface area contributed by atoms with Gasteiger partial charge in [-0.3, -0.25) is 33.5 Å². The number of esters is 1. The minimum absolute atomic E-state index is 0.0690. The number of likely N-dealkylation sites (N-methyl/N-ethyl adjacent to an activating group) is 1. The SMILES string of the molecule is CC(C)(C)C.CCCCCCCCCCCCCCCCOC1C(O)C(Cn2cc(P(OCOC=O)OCOC(=O)C(C)(C)C)nn2)OC1N(C)/C=C\C(=O)NC=O. The molecule has 0 saturated carbocycles. The second-order valence-electron chi connectivity index (χ2n) is 17.1. The van der Waals surface area contributed by atoms with Gasteiger partial charge in [0.2, 0.25) is 14.8 Å². The molecule has 16 nitrogen and oxygen atoms in total. The van der Waals surface area contributed by atoms with Crippen molar-refractivity contribution in [3.63, 3.8) is 0 Å². The largest absolute Gasteiger partial charge is 0.440 e. The molecule has 0 spiro atoms. The van der Waals surface area contributed by atoms with E-state index in [1.807, 2.05) is 5.32 Å². The Balaban J connectivity index is 0.00000315. The second-order valence-corrected chi connectivity index (χ2v) is 18.6. The summed E-state index contributed by atoms with van der Waals surface area (Å²) in [6.07, 6.45) is 18.5. The van der Waals surface area contributed by atoms with Gasteiger partial charge in [0.15, 0.2) is 25.2 Å². The van der Waals surface area contributed by atoms with E-state index in [4.69, 9.17) is 23.3 Å². The van der Waals surface area contributed by atoms with Crippen LogP contribution in [0.1, 0.15) is 145 Å². The van der Waals surface area contributed by atoms with E-state index in [9.17, 15) is 24.3 Å². The van der Waals surface area contributed by atoms with Crippen molar-refractivity contribution in [1.29, 1.82) is 0 Å². The number of imide groups is 1. The van der Waals surface area contributed by atoms with Crippen LogP contribution in [-0.4, -0.2) is 102 Å². The molecule has 2 N–H and O–H groups in total. The maximum absolute atomic E-state index is 12.1. The van der Waals surface area contributed by atoms with E-state index >= 15 is 0 Å². The number of aliphatic hydroxyl groups excluding tert-OH is 1. The fourth-order valence-electron chi connectivity index (χ4n) is 5.53. The molecule has 1 aliphatic rings. The third-order valence-corrected chi connectivity index (χ3v) is 9.80. The summed E-state index contributed by atoms with van der Waals surface area (Å²) in [4.78, 5) is 46.9. The van der Waals surface area contributed by atoms with Crippen LogP contribution in [0.2, 0.25) is 0 Å². The van der Waals surface area contributed by atoms with Gasteiger partial charge in [0.1, 0.15) is 18.3 Å². The number of unbranched alkanes of at least 4 members (excludes halogenated alkanes) is 13. The second kappa shape index (κ2) is 30.1. The van der Waals surface area contributed by atoms with E-state index in [-0.39, 0.29) is 18.5 Å². The standard InChI is InChI=1S/C36H62N5O11P.C5H12/c1-6-7-8-9-10-11-12-13-14-15-16-17-18-19-22-48-33-32(45)29(52-34(33)40(5)21-20-30(44)37-25-42)23-41-24-31(38-39-41)53(50-27-47-26-43)51-28-49-35(46)36(2,3)4;1-5(2,3)4/h20-21,24-26,29,32-34,45H,6-19,22-23,27-28H2,1-5H3,(H,37,42,44);1-4H3/b21-20-;. The van der Waals surface area contributed by atoms with Gasteiger partial charge in [-0.2, -0.15) is 0 Å². The molecule has 0 aromatic carbocycles. The molecule has 2 amide bonds. The zero-order valence-corrected chi connectivity index (χ0v) is 37.6. The molecule has 2 rings (SSSR count). The number of carbonyl (C=O) groups excluding carboxylic acids is 4. The fraction of sp³-hybridized carbons (Fsp3) is 0.805. The van der Waals surface area contributed by atoms with Crippen LogP contribution in [0, 0.1) is 10.8 Å². The number of nitrogens with one attached hydrogen (secondary N) is 1. The van der Waals surface area contributed by atoms with Crippen LogP contribution >= 0.6 is 8.38 Å². The lowest BCUT2D eigenvalue weighted by atomic mass is 9.98. The third kappa shape index (κ3) is 24.8. The van der Waals surface area contributed by atoms with Crippen molar-refractivity contribution in [2.24, 2.45) is 10.8 Å². The maximum Gasteiger partial charge on any atom is 0.313 e. The Kier molecular flexibility index (Phi) is 27.5. The van der Waals surface area contributed by atoms with E-state index < -0.39 is 63.8 Å². The number of hydrogen-bond acceptors (Lipinski definition) is 14. The first-order valence-corrected chi connectivity index (χ1v) is 22.0. The van der Waals surface area contributed by atoms with E-state index in [1.54, 1.807) is 32.7 Å². The Morgan fingerprint density at radius 2 is 1.47 bits per heavy atom. The van der Waals surface area contributed by atoms with Crippen molar-refractivity contribution in [1.82, 2.24) is 25.2 Å². The number of hydrogen-bond donors (Lipinski definition) is 2. The highest BCUT2D eigenvalue weighted by molar-refractivity contribution is 7.55. The maximum atomic E-state index is 12.1. The lowest BCUT2D eigenvalue weighted by Crippen LogP contribution is -2.42. The van der Waals surface area contributed by atoms with E-state index in [1.165, 1.54) is 93.8 Å². The number of rotatable bonds is 30. The molecule has 0 bridgehead atoms. The van der Waals surface area contributed by atoms with Crippen molar-refractivity contribution in [3.8, 4) is 0 Å². The summed E-state index contributed by atoms with van der Waals surface area (Å²) in [5.74, 6) is -1.09. The summed E-state index contributed by atoms with van der Waals surface area (Å²) in [6, 6.07) is 0. The van der Waals surface area contributed by atoms with Gasteiger partial charge < -0.3 is 29.0 Å². The van der Waals surface area contributed by atoms with Crippen LogP contribution in [0.5, 0.6) is 0 Å². The molecule has 2 heterocycles. The summed E-state index contributed by atoms with van der Waals surface area (Å²) in [6.45, 7) is 16.0. The molecule has 5 unspecified atom stereocenters. The third-order valence-electron chi connectivity index (χ3n) is 8.54. The summed E-state index contributed by atoms with van der Waals surface area (Å²) < 4.78 is 34.8. The molecule has 58 heavy (non-hydrogen) atoms. The highest BCUT2D eigenvalue weighted by atomic mass is 31.2. The van der Waals surface area contributed by atoms with Gasteiger partial charge in [-0.15, -0.1) is 5.10 Å². The van der Waals surface area contributed by atoms with Crippen molar-refractivity contribution in [3.05, 3.63) is 18.5 Å². The van der Waals surface area contributed by atoms with Crippen LogP contribution in [0.4, 0.5) is 0 Å². The minimum Gasteiger partial charge on any atom is -0.440 e. The Morgan fingerprint density at radius 1 is 0.914 bits per heavy atom. The van der Waals surface area contributed by atoms with Gasteiger partial charge >= 0.3 is 5.97 Å².